The highest BCUT2D eigenvalue weighted by Gasteiger charge is 2.07. The smallest absolute Gasteiger partial charge is 0.173 e. The molecule has 0 bridgehead atoms. The molecular weight excluding hydrogens is 224 g/mol. The summed E-state index contributed by atoms with van der Waals surface area (Å²) in [7, 11) is -1.39. The zero-order valence-electron chi connectivity index (χ0n) is 8.66. The maximum absolute atomic E-state index is 12.0. The van der Waals surface area contributed by atoms with Crippen LogP contribution in [-0.2, 0) is 11.0 Å². The van der Waals surface area contributed by atoms with Gasteiger partial charge < -0.3 is 0 Å². The second-order valence-corrected chi connectivity index (χ2v) is 4.70. The average Bonchev–Trinajstić information content (AvgIpc) is 2.77. The van der Waals surface area contributed by atoms with E-state index in [4.69, 9.17) is 0 Å². The Labute approximate surface area is 95.5 Å². The minimum atomic E-state index is -1.39. The maximum atomic E-state index is 12.0. The molecular formula is C11H10N2O2S. The molecule has 4 nitrogen and oxygen atoms in total. The van der Waals surface area contributed by atoms with Crippen molar-refractivity contribution in [3.8, 4) is 0 Å². The van der Waals surface area contributed by atoms with Gasteiger partial charge in [0.25, 0.3) is 0 Å². The molecule has 0 aliphatic heterocycles. The Balaban J connectivity index is 2.31. The van der Waals surface area contributed by atoms with Crippen molar-refractivity contribution >= 4 is 17.3 Å². The summed E-state index contributed by atoms with van der Waals surface area (Å²) in [6.07, 6.45) is 3.53. The van der Waals surface area contributed by atoms with Crippen LogP contribution >= 0.6 is 0 Å². The lowest BCUT2D eigenvalue weighted by Crippen LogP contribution is -2.05. The molecule has 0 N–H and O–H groups in total. The first-order valence-corrected chi connectivity index (χ1v) is 5.80. The topological polar surface area (TPSA) is 52.0 Å². The fourth-order valence-corrected chi connectivity index (χ4v) is 2.17. The Morgan fingerprint density at radius 2 is 2.00 bits per heavy atom. The Bertz CT molecular complexity index is 531. The third-order valence-corrected chi connectivity index (χ3v) is 3.32. The molecule has 1 heterocycles. The SMILES string of the molecule is Cc1ccc(S(=O)n2cc(C=O)cn2)cc1. The summed E-state index contributed by atoms with van der Waals surface area (Å²) < 4.78 is 13.3. The summed E-state index contributed by atoms with van der Waals surface area (Å²) in [5, 5.41) is 3.87. The van der Waals surface area contributed by atoms with Crippen LogP contribution < -0.4 is 0 Å². The van der Waals surface area contributed by atoms with Gasteiger partial charge in [-0.25, -0.2) is 4.21 Å². The molecule has 1 unspecified atom stereocenters. The third-order valence-electron chi connectivity index (χ3n) is 2.11. The van der Waals surface area contributed by atoms with E-state index in [0.717, 1.165) is 5.56 Å². The van der Waals surface area contributed by atoms with Crippen LogP contribution in [-0.4, -0.2) is 19.7 Å². The minimum Gasteiger partial charge on any atom is -0.298 e. The number of nitrogens with zero attached hydrogens (tertiary/aromatic N) is 2. The number of carbonyl (C=O) groups is 1. The van der Waals surface area contributed by atoms with Gasteiger partial charge in [0, 0.05) is 0 Å². The number of hydrogen-bond donors (Lipinski definition) is 0. The van der Waals surface area contributed by atoms with Gasteiger partial charge in [0.05, 0.1) is 22.9 Å². The van der Waals surface area contributed by atoms with Gasteiger partial charge in [-0.2, -0.15) is 9.19 Å². The van der Waals surface area contributed by atoms with E-state index in [2.05, 4.69) is 5.10 Å². The van der Waals surface area contributed by atoms with Crippen molar-refractivity contribution < 1.29 is 9.00 Å². The molecule has 0 aliphatic carbocycles. The zero-order valence-corrected chi connectivity index (χ0v) is 9.48. The summed E-state index contributed by atoms with van der Waals surface area (Å²) in [6, 6.07) is 7.34. The number of rotatable bonds is 3. The molecule has 0 aliphatic rings. The summed E-state index contributed by atoms with van der Waals surface area (Å²) in [4.78, 5) is 11.1. The van der Waals surface area contributed by atoms with Crippen LogP contribution in [0.15, 0.2) is 41.6 Å². The van der Waals surface area contributed by atoms with Gasteiger partial charge in [-0.3, -0.25) is 4.79 Å². The van der Waals surface area contributed by atoms with E-state index >= 15 is 0 Å². The molecule has 1 aromatic heterocycles. The Hall–Kier alpha value is -1.75. The van der Waals surface area contributed by atoms with E-state index in [0.29, 0.717) is 16.7 Å². The molecule has 82 valence electrons. The van der Waals surface area contributed by atoms with Crippen molar-refractivity contribution in [2.45, 2.75) is 11.8 Å². The lowest BCUT2D eigenvalue weighted by Gasteiger charge is -2.01. The highest BCUT2D eigenvalue weighted by molar-refractivity contribution is 7.83. The van der Waals surface area contributed by atoms with E-state index in [1.54, 1.807) is 12.1 Å². The number of aldehydes is 1. The lowest BCUT2D eigenvalue weighted by molar-refractivity contribution is 0.112. The van der Waals surface area contributed by atoms with Crippen molar-refractivity contribution in [3.05, 3.63) is 47.8 Å². The normalized spacial score (nSPS) is 12.3. The molecule has 5 heteroatoms. The fourth-order valence-electron chi connectivity index (χ4n) is 1.23. The summed E-state index contributed by atoms with van der Waals surface area (Å²) in [6.45, 7) is 1.96. The quantitative estimate of drug-likeness (QED) is 0.757. The van der Waals surface area contributed by atoms with Crippen LogP contribution in [0.25, 0.3) is 0 Å². The van der Waals surface area contributed by atoms with E-state index in [1.165, 1.54) is 16.5 Å². The van der Waals surface area contributed by atoms with Crippen molar-refractivity contribution in [2.75, 3.05) is 0 Å². The standard InChI is InChI=1S/C11H10N2O2S/c1-9-2-4-11(5-3-9)16(15)13-7-10(8-14)6-12-13/h2-8H,1H3. The van der Waals surface area contributed by atoms with Crippen LogP contribution in [0.4, 0.5) is 0 Å². The molecule has 0 saturated carbocycles. The summed E-state index contributed by atoms with van der Waals surface area (Å²) >= 11 is 0. The summed E-state index contributed by atoms with van der Waals surface area (Å²) in [5.41, 5.74) is 1.52. The van der Waals surface area contributed by atoms with Gasteiger partial charge in [-0.15, -0.1) is 0 Å². The molecule has 0 saturated heterocycles. The first kappa shape index (κ1) is 10.8. The number of aromatic nitrogens is 2. The van der Waals surface area contributed by atoms with Crippen LogP contribution in [0, 0.1) is 6.92 Å². The third kappa shape index (κ3) is 2.09. The number of carbonyl (C=O) groups excluding carboxylic acids is 1. The van der Waals surface area contributed by atoms with E-state index in [-0.39, 0.29) is 0 Å². The van der Waals surface area contributed by atoms with Gasteiger partial charge in [-0.1, -0.05) is 17.7 Å². The monoisotopic (exact) mass is 234 g/mol. The van der Waals surface area contributed by atoms with E-state index in [9.17, 15) is 9.00 Å². The van der Waals surface area contributed by atoms with Gasteiger partial charge in [0.15, 0.2) is 17.3 Å². The Morgan fingerprint density at radius 1 is 1.31 bits per heavy atom. The van der Waals surface area contributed by atoms with E-state index in [1.807, 2.05) is 19.1 Å². The van der Waals surface area contributed by atoms with Crippen LogP contribution in [0.3, 0.4) is 0 Å². The predicted octanol–water partition coefficient (Wildman–Crippen LogP) is 1.57. The molecule has 1 aromatic carbocycles. The van der Waals surface area contributed by atoms with Crippen molar-refractivity contribution in [1.29, 1.82) is 0 Å². The van der Waals surface area contributed by atoms with Crippen LogP contribution in [0.1, 0.15) is 15.9 Å². The number of aryl methyl sites for hydroxylation is 1. The number of benzene rings is 1. The first-order chi connectivity index (χ1) is 7.70. The highest BCUT2D eigenvalue weighted by atomic mass is 32.2. The number of hydrogen-bond acceptors (Lipinski definition) is 3. The van der Waals surface area contributed by atoms with Crippen molar-refractivity contribution in [3.63, 3.8) is 0 Å². The van der Waals surface area contributed by atoms with Crippen LogP contribution in [0.2, 0.25) is 0 Å². The minimum absolute atomic E-state index is 0.417. The van der Waals surface area contributed by atoms with Crippen molar-refractivity contribution in [1.82, 2.24) is 9.19 Å². The molecule has 0 fully saturated rings. The largest absolute Gasteiger partial charge is 0.298 e. The second kappa shape index (κ2) is 4.40. The maximum Gasteiger partial charge on any atom is 0.173 e. The Kier molecular flexibility index (Phi) is 2.96. The molecule has 1 atom stereocenters. The van der Waals surface area contributed by atoms with Crippen molar-refractivity contribution in [2.24, 2.45) is 0 Å². The zero-order chi connectivity index (χ0) is 11.5. The molecule has 16 heavy (non-hydrogen) atoms. The molecule has 0 amide bonds. The van der Waals surface area contributed by atoms with Gasteiger partial charge in [0.1, 0.15) is 0 Å². The lowest BCUT2D eigenvalue weighted by atomic mass is 10.2. The van der Waals surface area contributed by atoms with Gasteiger partial charge in [0.2, 0.25) is 0 Å². The average molecular weight is 234 g/mol. The Morgan fingerprint density at radius 3 is 2.56 bits per heavy atom. The second-order valence-electron chi connectivity index (χ2n) is 3.36. The summed E-state index contributed by atoms with van der Waals surface area (Å²) in [5.74, 6) is 0. The van der Waals surface area contributed by atoms with Crippen LogP contribution in [0.5, 0.6) is 0 Å². The molecule has 2 aromatic rings. The highest BCUT2D eigenvalue weighted by Crippen LogP contribution is 2.10. The first-order valence-electron chi connectivity index (χ1n) is 4.69. The molecule has 0 radical (unpaired) electrons. The molecule has 0 spiro atoms. The molecule has 2 rings (SSSR count). The predicted molar refractivity (Wildman–Crippen MR) is 60.6 cm³/mol. The van der Waals surface area contributed by atoms with E-state index < -0.39 is 11.0 Å². The van der Waals surface area contributed by atoms with Gasteiger partial charge in [-0.05, 0) is 19.1 Å². The van der Waals surface area contributed by atoms with Gasteiger partial charge >= 0.3 is 0 Å². The fraction of sp³-hybridized carbons (Fsp3) is 0.0909.